The monoisotopic (exact) mass is 392 g/mol. The zero-order valence-corrected chi connectivity index (χ0v) is 14.9. The van der Waals surface area contributed by atoms with Gasteiger partial charge >= 0.3 is 11.9 Å². The number of pyridine rings is 1. The molecule has 0 radical (unpaired) electrons. The van der Waals surface area contributed by atoms with Gasteiger partial charge in [-0.25, -0.2) is 9.78 Å². The van der Waals surface area contributed by atoms with Gasteiger partial charge in [0.05, 0.1) is 5.39 Å². The minimum absolute atomic E-state index is 0.196. The summed E-state index contributed by atoms with van der Waals surface area (Å²) >= 11 is 0. The van der Waals surface area contributed by atoms with Crippen LogP contribution in [0.4, 0.5) is 18.9 Å². The van der Waals surface area contributed by atoms with Crippen LogP contribution in [0.3, 0.4) is 0 Å². The number of carbonyl (C=O) groups is 1. The molecule has 0 spiro atoms. The summed E-state index contributed by atoms with van der Waals surface area (Å²) in [5, 5.41) is 2.38. The average Bonchev–Trinajstić information content (AvgIpc) is 2.62. The molecule has 1 amide bonds. The van der Waals surface area contributed by atoms with Crippen LogP contribution in [0.2, 0.25) is 0 Å². The van der Waals surface area contributed by atoms with E-state index < -0.39 is 41.2 Å². The number of aryl methyl sites for hydroxylation is 2. The molecule has 0 aliphatic heterocycles. The highest BCUT2D eigenvalue weighted by atomic mass is 19.4. The second kappa shape index (κ2) is 6.95. The maximum Gasteiger partial charge on any atom is 0.433 e. The number of rotatable bonds is 3. The highest BCUT2D eigenvalue weighted by molar-refractivity contribution is 5.90. The number of aromatic nitrogens is 3. The third-order valence-electron chi connectivity index (χ3n) is 4.08. The van der Waals surface area contributed by atoms with Crippen LogP contribution in [0.25, 0.3) is 11.0 Å². The fourth-order valence-electron chi connectivity index (χ4n) is 2.74. The minimum atomic E-state index is -4.72. The third kappa shape index (κ3) is 3.66. The lowest BCUT2D eigenvalue weighted by atomic mass is 10.2. The molecule has 3 rings (SSSR count). The van der Waals surface area contributed by atoms with Gasteiger partial charge in [-0.3, -0.25) is 18.7 Å². The number of nitrogens with zero attached hydrogens (tertiary/aromatic N) is 3. The van der Waals surface area contributed by atoms with Gasteiger partial charge in [0.25, 0.3) is 5.56 Å². The summed E-state index contributed by atoms with van der Waals surface area (Å²) < 4.78 is 40.0. The number of alkyl halides is 3. The lowest BCUT2D eigenvalue weighted by molar-refractivity contribution is -0.141. The molecule has 0 unspecified atom stereocenters. The average molecular weight is 392 g/mol. The van der Waals surface area contributed by atoms with Crippen LogP contribution < -0.4 is 16.6 Å². The number of benzene rings is 1. The predicted octanol–water partition coefficient (Wildman–Crippen LogP) is 2.06. The van der Waals surface area contributed by atoms with Gasteiger partial charge in [-0.15, -0.1) is 0 Å². The van der Waals surface area contributed by atoms with Crippen LogP contribution in [0.15, 0.2) is 46.0 Å². The lowest BCUT2D eigenvalue weighted by Crippen LogP contribution is -2.42. The van der Waals surface area contributed by atoms with Crippen LogP contribution in [0.5, 0.6) is 0 Å². The van der Waals surface area contributed by atoms with Crippen LogP contribution in [0, 0.1) is 6.92 Å². The Kier molecular flexibility index (Phi) is 4.80. The van der Waals surface area contributed by atoms with E-state index in [1.165, 1.54) is 7.05 Å². The normalized spacial score (nSPS) is 11.6. The SMILES string of the molecule is Cc1cccc(NC(=O)Cn2c(=O)c3ccc(C(F)(F)F)nc3n(C)c2=O)c1. The Bertz CT molecular complexity index is 1200. The summed E-state index contributed by atoms with van der Waals surface area (Å²) in [5.41, 5.74) is -2.05. The zero-order valence-electron chi connectivity index (χ0n) is 14.9. The van der Waals surface area contributed by atoms with Crippen molar-refractivity contribution >= 4 is 22.6 Å². The van der Waals surface area contributed by atoms with Gasteiger partial charge < -0.3 is 5.32 Å². The van der Waals surface area contributed by atoms with Crippen molar-refractivity contribution in [1.29, 1.82) is 0 Å². The van der Waals surface area contributed by atoms with Gasteiger partial charge in [0, 0.05) is 12.7 Å². The number of hydrogen-bond donors (Lipinski definition) is 1. The number of halogens is 3. The van der Waals surface area contributed by atoms with E-state index >= 15 is 0 Å². The first-order valence-corrected chi connectivity index (χ1v) is 8.12. The van der Waals surface area contributed by atoms with Crippen LogP contribution in [-0.4, -0.2) is 20.0 Å². The first-order chi connectivity index (χ1) is 13.1. The van der Waals surface area contributed by atoms with Crippen molar-refractivity contribution in [2.24, 2.45) is 7.05 Å². The maximum absolute atomic E-state index is 12.8. The number of carbonyl (C=O) groups excluding carboxylic acids is 1. The van der Waals surface area contributed by atoms with Gasteiger partial charge in [0.15, 0.2) is 0 Å². The van der Waals surface area contributed by atoms with Crippen molar-refractivity contribution in [3.8, 4) is 0 Å². The fraction of sp³-hybridized carbons (Fsp3) is 0.222. The fourth-order valence-corrected chi connectivity index (χ4v) is 2.74. The lowest BCUT2D eigenvalue weighted by Gasteiger charge is -2.12. The van der Waals surface area contributed by atoms with Crippen molar-refractivity contribution in [1.82, 2.24) is 14.1 Å². The molecule has 0 aliphatic rings. The molecule has 0 saturated carbocycles. The van der Waals surface area contributed by atoms with Crippen molar-refractivity contribution < 1.29 is 18.0 Å². The van der Waals surface area contributed by atoms with E-state index in [2.05, 4.69) is 10.3 Å². The second-order valence-electron chi connectivity index (χ2n) is 6.22. The number of hydrogen-bond acceptors (Lipinski definition) is 4. The summed E-state index contributed by atoms with van der Waals surface area (Å²) in [4.78, 5) is 40.6. The summed E-state index contributed by atoms with van der Waals surface area (Å²) in [6, 6.07) is 8.53. The van der Waals surface area contributed by atoms with E-state index in [1.807, 2.05) is 13.0 Å². The van der Waals surface area contributed by atoms with Gasteiger partial charge in [-0.2, -0.15) is 13.2 Å². The first kappa shape index (κ1) is 19.3. The van der Waals surface area contributed by atoms with Crippen molar-refractivity contribution in [2.45, 2.75) is 19.6 Å². The zero-order chi connectivity index (χ0) is 20.6. The molecule has 0 fully saturated rings. The van der Waals surface area contributed by atoms with Gasteiger partial charge in [-0.05, 0) is 36.8 Å². The molecular weight excluding hydrogens is 377 g/mol. The largest absolute Gasteiger partial charge is 0.433 e. The molecule has 0 aliphatic carbocycles. The minimum Gasteiger partial charge on any atom is -0.325 e. The molecule has 7 nitrogen and oxygen atoms in total. The van der Waals surface area contributed by atoms with Gasteiger partial charge in [0.2, 0.25) is 5.91 Å². The molecular formula is C18H15F3N4O3. The topological polar surface area (TPSA) is 86.0 Å². The van der Waals surface area contributed by atoms with Crippen LogP contribution in [0.1, 0.15) is 11.3 Å². The number of amides is 1. The molecule has 1 aromatic carbocycles. The Balaban J connectivity index is 2.01. The third-order valence-corrected chi connectivity index (χ3v) is 4.08. The van der Waals surface area contributed by atoms with E-state index in [0.717, 1.165) is 16.2 Å². The molecule has 2 aromatic heterocycles. The van der Waals surface area contributed by atoms with Crippen LogP contribution >= 0.6 is 0 Å². The Morgan fingerprint density at radius 1 is 1.18 bits per heavy atom. The van der Waals surface area contributed by atoms with E-state index in [-0.39, 0.29) is 5.39 Å². The molecule has 0 atom stereocenters. The van der Waals surface area contributed by atoms with Crippen LogP contribution in [-0.2, 0) is 24.6 Å². The molecule has 2 heterocycles. The van der Waals surface area contributed by atoms with Crippen molar-refractivity contribution in [3.05, 3.63) is 68.5 Å². The smallest absolute Gasteiger partial charge is 0.325 e. The molecule has 1 N–H and O–H groups in total. The Hall–Kier alpha value is -3.43. The Labute approximate surface area is 156 Å². The molecule has 28 heavy (non-hydrogen) atoms. The van der Waals surface area contributed by atoms with Crippen molar-refractivity contribution in [3.63, 3.8) is 0 Å². The maximum atomic E-state index is 12.8. The molecule has 0 saturated heterocycles. The predicted molar refractivity (Wildman–Crippen MR) is 96.1 cm³/mol. The quantitative estimate of drug-likeness (QED) is 0.739. The van der Waals surface area contributed by atoms with E-state index in [9.17, 15) is 27.6 Å². The standard InChI is InChI=1S/C18H15F3N4O3/c1-10-4-3-5-11(8-10)22-14(26)9-25-16(27)12-6-7-13(18(19,20)21)23-15(12)24(2)17(25)28/h3-8H,9H2,1-2H3,(H,22,26). The molecule has 3 aromatic rings. The molecule has 146 valence electrons. The number of anilines is 1. The van der Waals surface area contributed by atoms with Gasteiger partial charge in [-0.1, -0.05) is 12.1 Å². The summed E-state index contributed by atoms with van der Waals surface area (Å²) in [6.07, 6.45) is -4.72. The Morgan fingerprint density at radius 3 is 2.54 bits per heavy atom. The van der Waals surface area contributed by atoms with E-state index in [0.29, 0.717) is 16.3 Å². The van der Waals surface area contributed by atoms with E-state index in [1.54, 1.807) is 18.2 Å². The summed E-state index contributed by atoms with van der Waals surface area (Å²) in [5.74, 6) is -0.621. The number of fused-ring (bicyclic) bond motifs is 1. The highest BCUT2D eigenvalue weighted by Gasteiger charge is 2.33. The second-order valence-corrected chi connectivity index (χ2v) is 6.22. The summed E-state index contributed by atoms with van der Waals surface area (Å²) in [7, 11) is 1.19. The first-order valence-electron chi connectivity index (χ1n) is 8.12. The van der Waals surface area contributed by atoms with Gasteiger partial charge in [0.1, 0.15) is 17.9 Å². The van der Waals surface area contributed by atoms with E-state index in [4.69, 9.17) is 0 Å². The highest BCUT2D eigenvalue weighted by Crippen LogP contribution is 2.28. The Morgan fingerprint density at radius 2 is 1.89 bits per heavy atom. The molecule has 10 heteroatoms. The summed E-state index contributed by atoms with van der Waals surface area (Å²) in [6.45, 7) is 1.25. The molecule has 0 bridgehead atoms. The van der Waals surface area contributed by atoms with Crippen molar-refractivity contribution in [2.75, 3.05) is 5.32 Å². The number of nitrogens with one attached hydrogen (secondary N) is 1.